The van der Waals surface area contributed by atoms with Crippen molar-refractivity contribution in [3.05, 3.63) is 65.4 Å². The van der Waals surface area contributed by atoms with Gasteiger partial charge in [0.2, 0.25) is 0 Å². The van der Waals surface area contributed by atoms with Crippen molar-refractivity contribution in [2.45, 2.75) is 13.2 Å². The van der Waals surface area contributed by atoms with Crippen LogP contribution in [0.1, 0.15) is 21.6 Å². The van der Waals surface area contributed by atoms with Gasteiger partial charge in [0.1, 0.15) is 18.1 Å². The number of ether oxygens (including phenoxy) is 1. The predicted octanol–water partition coefficient (Wildman–Crippen LogP) is 2.77. The fourth-order valence-corrected chi connectivity index (χ4v) is 2.92. The molecule has 4 N–H and O–H groups in total. The number of benzene rings is 2. The van der Waals surface area contributed by atoms with Crippen molar-refractivity contribution in [2.24, 2.45) is 5.73 Å². The van der Waals surface area contributed by atoms with E-state index in [-0.39, 0.29) is 11.9 Å². The number of hydrogen-bond donors (Lipinski definition) is 3. The number of guanidine groups is 1. The van der Waals surface area contributed by atoms with Gasteiger partial charge in [-0.25, -0.2) is 0 Å². The molecule has 7 nitrogen and oxygen atoms in total. The molecular formula is C21H25N5O2. The normalized spacial score (nSPS) is 11.0. The number of amides is 1. The van der Waals surface area contributed by atoms with Gasteiger partial charge >= 0.3 is 0 Å². The summed E-state index contributed by atoms with van der Waals surface area (Å²) in [4.78, 5) is 18.7. The lowest BCUT2D eigenvalue weighted by Crippen LogP contribution is -2.38. The number of aromatic nitrogens is 1. The van der Waals surface area contributed by atoms with Crippen LogP contribution in [0.15, 0.2) is 48.5 Å². The summed E-state index contributed by atoms with van der Waals surface area (Å²) in [7, 11) is 5.55. The van der Waals surface area contributed by atoms with E-state index < -0.39 is 0 Å². The van der Waals surface area contributed by atoms with E-state index in [1.165, 1.54) is 12.6 Å². The third-order valence-corrected chi connectivity index (χ3v) is 4.43. The van der Waals surface area contributed by atoms with E-state index in [1.807, 2.05) is 32.3 Å². The first-order chi connectivity index (χ1) is 13.3. The van der Waals surface area contributed by atoms with Crippen LogP contribution in [0.3, 0.4) is 0 Å². The van der Waals surface area contributed by atoms with Crippen molar-refractivity contribution >= 4 is 22.8 Å². The van der Waals surface area contributed by atoms with Gasteiger partial charge in [-0.1, -0.05) is 36.4 Å². The van der Waals surface area contributed by atoms with E-state index in [0.29, 0.717) is 18.1 Å². The number of para-hydroxylation sites is 1. The van der Waals surface area contributed by atoms with Gasteiger partial charge in [0, 0.05) is 19.0 Å². The van der Waals surface area contributed by atoms with Crippen molar-refractivity contribution in [1.82, 2.24) is 14.8 Å². The molecule has 0 saturated carbocycles. The van der Waals surface area contributed by atoms with Crippen LogP contribution in [0.2, 0.25) is 0 Å². The van der Waals surface area contributed by atoms with Crippen LogP contribution in [-0.4, -0.2) is 47.8 Å². The second-order valence-electron chi connectivity index (χ2n) is 7.00. The Morgan fingerprint density at radius 3 is 2.43 bits per heavy atom. The molecule has 1 aromatic heterocycles. The minimum atomic E-state index is -0.369. The smallest absolute Gasteiger partial charge is 0.276 e. The minimum absolute atomic E-state index is 0.308. The fraction of sp³-hybridized carbons (Fsp3) is 0.238. The van der Waals surface area contributed by atoms with Gasteiger partial charge in [0.25, 0.3) is 5.91 Å². The van der Waals surface area contributed by atoms with E-state index in [9.17, 15) is 4.79 Å². The number of nitrogens with one attached hydrogen (secondary N) is 2. The lowest BCUT2D eigenvalue weighted by Gasteiger charge is -2.13. The zero-order valence-electron chi connectivity index (χ0n) is 16.3. The number of fused-ring (bicyclic) bond motifs is 1. The maximum atomic E-state index is 12.4. The highest BCUT2D eigenvalue weighted by atomic mass is 16.5. The number of carbonyl (C=O) groups excluding carboxylic acids is 1. The third kappa shape index (κ3) is 4.32. The lowest BCUT2D eigenvalue weighted by molar-refractivity contribution is 0.0864. The van der Waals surface area contributed by atoms with Crippen LogP contribution < -0.4 is 10.5 Å². The Labute approximate surface area is 164 Å². The highest BCUT2D eigenvalue weighted by Crippen LogP contribution is 2.27. The van der Waals surface area contributed by atoms with Gasteiger partial charge in [-0.05, 0) is 37.4 Å². The van der Waals surface area contributed by atoms with E-state index in [4.69, 9.17) is 15.9 Å². The molecule has 0 fully saturated rings. The first-order valence-corrected chi connectivity index (χ1v) is 8.94. The van der Waals surface area contributed by atoms with Crippen molar-refractivity contribution in [3.63, 3.8) is 0 Å². The van der Waals surface area contributed by atoms with E-state index in [2.05, 4.69) is 34.1 Å². The minimum Gasteiger partial charge on any atom is -0.487 e. The maximum absolute atomic E-state index is 12.4. The SMILES string of the molecule is CN(C)Cc1ccc(COc2cccc3cc(C(=O)N(C)C(=N)N)[nH]c23)cc1. The number of hydrogen-bond acceptors (Lipinski definition) is 4. The Morgan fingerprint density at radius 2 is 1.79 bits per heavy atom. The number of nitrogens with two attached hydrogens (primary N) is 1. The van der Waals surface area contributed by atoms with Crippen LogP contribution in [-0.2, 0) is 13.2 Å². The molecule has 1 amide bonds. The second kappa shape index (κ2) is 8.14. The lowest BCUT2D eigenvalue weighted by atomic mass is 10.1. The van der Waals surface area contributed by atoms with Gasteiger partial charge < -0.3 is 20.4 Å². The Hall–Kier alpha value is -3.32. The standard InChI is InChI=1S/C21H25N5O2/c1-25(2)12-14-7-9-15(10-8-14)13-28-18-6-4-5-16-11-17(24-19(16)18)20(27)26(3)21(22)23/h4-11,24H,12-13H2,1-3H3,(H3,22,23). The topological polar surface area (TPSA) is 98.4 Å². The molecule has 3 rings (SSSR count). The summed E-state index contributed by atoms with van der Waals surface area (Å²) in [6.45, 7) is 1.32. The van der Waals surface area contributed by atoms with Gasteiger partial charge in [-0.15, -0.1) is 0 Å². The highest BCUT2D eigenvalue weighted by molar-refractivity contribution is 6.06. The summed E-state index contributed by atoms with van der Waals surface area (Å²) in [5.74, 6) is -0.0108. The molecule has 28 heavy (non-hydrogen) atoms. The molecule has 3 aromatic rings. The van der Waals surface area contributed by atoms with E-state index >= 15 is 0 Å². The molecule has 0 aliphatic carbocycles. The van der Waals surface area contributed by atoms with Gasteiger partial charge in [-0.2, -0.15) is 0 Å². The monoisotopic (exact) mass is 379 g/mol. The predicted molar refractivity (Wildman–Crippen MR) is 110 cm³/mol. The Balaban J connectivity index is 1.76. The molecule has 0 saturated heterocycles. The quantitative estimate of drug-likeness (QED) is 0.453. The molecule has 0 atom stereocenters. The Morgan fingerprint density at radius 1 is 1.11 bits per heavy atom. The zero-order chi connectivity index (χ0) is 20.3. The number of nitrogens with zero attached hydrogens (tertiary/aromatic N) is 2. The van der Waals surface area contributed by atoms with E-state index in [0.717, 1.165) is 27.9 Å². The average molecular weight is 379 g/mol. The molecule has 0 radical (unpaired) electrons. The summed E-state index contributed by atoms with van der Waals surface area (Å²) in [5.41, 5.74) is 8.81. The Kier molecular flexibility index (Phi) is 5.65. The number of H-pyrrole nitrogens is 1. The summed E-state index contributed by atoms with van der Waals surface area (Å²) >= 11 is 0. The Bertz CT molecular complexity index is 992. The molecular weight excluding hydrogens is 354 g/mol. The summed E-state index contributed by atoms with van der Waals surface area (Å²) in [5, 5.41) is 8.27. The number of carbonyl (C=O) groups is 1. The summed E-state index contributed by atoms with van der Waals surface area (Å²) in [6.07, 6.45) is 0. The number of rotatable bonds is 6. The molecule has 0 unspecified atom stereocenters. The van der Waals surface area contributed by atoms with Gasteiger partial charge in [-0.3, -0.25) is 15.1 Å². The van der Waals surface area contributed by atoms with Crippen molar-refractivity contribution < 1.29 is 9.53 Å². The molecule has 146 valence electrons. The van der Waals surface area contributed by atoms with Crippen LogP contribution in [0.25, 0.3) is 10.9 Å². The summed E-state index contributed by atoms with van der Waals surface area (Å²) in [6, 6.07) is 15.7. The molecule has 0 aliphatic heterocycles. The van der Waals surface area contributed by atoms with Gasteiger partial charge in [0.15, 0.2) is 5.96 Å². The van der Waals surface area contributed by atoms with Crippen LogP contribution in [0.4, 0.5) is 0 Å². The van der Waals surface area contributed by atoms with Crippen LogP contribution in [0.5, 0.6) is 5.75 Å². The molecule has 0 aliphatic rings. The maximum Gasteiger partial charge on any atom is 0.276 e. The van der Waals surface area contributed by atoms with Crippen molar-refractivity contribution in [3.8, 4) is 5.75 Å². The fourth-order valence-electron chi connectivity index (χ4n) is 2.92. The average Bonchev–Trinajstić information content (AvgIpc) is 3.10. The van der Waals surface area contributed by atoms with Crippen molar-refractivity contribution in [1.29, 1.82) is 5.41 Å². The number of aromatic amines is 1. The zero-order valence-corrected chi connectivity index (χ0v) is 16.3. The van der Waals surface area contributed by atoms with Crippen LogP contribution in [0, 0.1) is 5.41 Å². The largest absolute Gasteiger partial charge is 0.487 e. The van der Waals surface area contributed by atoms with Gasteiger partial charge in [0.05, 0.1) is 5.52 Å². The second-order valence-corrected chi connectivity index (χ2v) is 7.00. The van der Waals surface area contributed by atoms with Crippen molar-refractivity contribution in [2.75, 3.05) is 21.1 Å². The first kappa shape index (κ1) is 19.4. The molecule has 0 spiro atoms. The van der Waals surface area contributed by atoms with E-state index in [1.54, 1.807) is 6.07 Å². The summed E-state index contributed by atoms with van der Waals surface area (Å²) < 4.78 is 5.99. The first-order valence-electron chi connectivity index (χ1n) is 8.94. The third-order valence-electron chi connectivity index (χ3n) is 4.43. The molecule has 0 bridgehead atoms. The molecule has 1 heterocycles. The molecule has 2 aromatic carbocycles. The van der Waals surface area contributed by atoms with Crippen LogP contribution >= 0.6 is 0 Å². The molecule has 7 heteroatoms. The highest BCUT2D eigenvalue weighted by Gasteiger charge is 2.17.